The lowest BCUT2D eigenvalue weighted by atomic mass is 10.1. The Morgan fingerprint density at radius 3 is 2.82 bits per heavy atom. The van der Waals surface area contributed by atoms with Crippen LogP contribution in [0, 0.1) is 5.92 Å². The van der Waals surface area contributed by atoms with Crippen molar-refractivity contribution in [3.63, 3.8) is 0 Å². The zero-order valence-electron chi connectivity index (χ0n) is 15.4. The third-order valence-corrected chi connectivity index (χ3v) is 7.60. The third-order valence-electron chi connectivity index (χ3n) is 4.89. The molecule has 1 saturated heterocycles. The van der Waals surface area contributed by atoms with Crippen molar-refractivity contribution in [2.45, 2.75) is 37.2 Å². The van der Waals surface area contributed by atoms with Crippen LogP contribution in [0.4, 0.5) is 0 Å². The van der Waals surface area contributed by atoms with E-state index in [-0.39, 0.29) is 23.0 Å². The van der Waals surface area contributed by atoms with E-state index in [1.54, 1.807) is 0 Å². The molecule has 3 heterocycles. The molecule has 0 radical (unpaired) electrons. The first-order valence-corrected chi connectivity index (χ1v) is 11.9. The molecule has 1 fully saturated rings. The van der Waals surface area contributed by atoms with Crippen LogP contribution in [0.3, 0.4) is 0 Å². The maximum Gasteiger partial charge on any atom is 0.336 e. The minimum Gasteiger partial charge on any atom is -0.423 e. The van der Waals surface area contributed by atoms with Crippen LogP contribution in [0.1, 0.15) is 30.4 Å². The molecule has 1 aromatic carbocycles. The van der Waals surface area contributed by atoms with Gasteiger partial charge in [-0.25, -0.2) is 13.2 Å². The van der Waals surface area contributed by atoms with Gasteiger partial charge in [0.2, 0.25) is 5.89 Å². The first kappa shape index (κ1) is 19.2. The Balaban J connectivity index is 1.46. The maximum absolute atomic E-state index is 11.9. The van der Waals surface area contributed by atoms with Crippen molar-refractivity contribution in [1.82, 2.24) is 10.2 Å². The number of sulfone groups is 1. The highest BCUT2D eigenvalue weighted by atomic mass is 32.2. The highest BCUT2D eigenvalue weighted by Crippen LogP contribution is 2.28. The Morgan fingerprint density at radius 1 is 1.21 bits per heavy atom. The number of rotatable bonds is 6. The second-order valence-electron chi connectivity index (χ2n) is 7.00. The molecule has 1 aliphatic rings. The van der Waals surface area contributed by atoms with Crippen LogP contribution in [0.25, 0.3) is 11.0 Å². The number of nitrogens with zero attached hydrogens (tertiary/aromatic N) is 2. The van der Waals surface area contributed by atoms with E-state index >= 15 is 0 Å². The van der Waals surface area contributed by atoms with E-state index in [0.717, 1.165) is 22.9 Å². The van der Waals surface area contributed by atoms with Gasteiger partial charge in [-0.2, -0.15) is 0 Å². The maximum atomic E-state index is 11.9. The number of hydrogen-bond donors (Lipinski definition) is 0. The number of thioether (sulfide) groups is 1. The molecule has 148 valence electrons. The number of fused-ring (bicyclic) bond motifs is 1. The van der Waals surface area contributed by atoms with Crippen LogP contribution in [0.15, 0.2) is 43.1 Å². The van der Waals surface area contributed by atoms with E-state index in [1.165, 1.54) is 17.8 Å². The largest absolute Gasteiger partial charge is 0.423 e. The van der Waals surface area contributed by atoms with Gasteiger partial charge in [-0.15, -0.1) is 10.2 Å². The van der Waals surface area contributed by atoms with Gasteiger partial charge in [0.25, 0.3) is 5.22 Å². The van der Waals surface area contributed by atoms with Gasteiger partial charge in [0.05, 0.1) is 11.5 Å². The molecular weight excluding hydrogens is 400 g/mol. The molecule has 9 heteroatoms. The van der Waals surface area contributed by atoms with Crippen molar-refractivity contribution in [1.29, 1.82) is 0 Å². The van der Waals surface area contributed by atoms with Crippen molar-refractivity contribution in [2.24, 2.45) is 5.92 Å². The molecule has 4 rings (SSSR count). The van der Waals surface area contributed by atoms with Crippen molar-refractivity contribution >= 4 is 32.6 Å². The fourth-order valence-electron chi connectivity index (χ4n) is 3.41. The molecule has 0 aliphatic carbocycles. The molecular formula is C19H20N2O5S2. The van der Waals surface area contributed by atoms with Crippen molar-refractivity contribution in [3.8, 4) is 0 Å². The highest BCUT2D eigenvalue weighted by molar-refractivity contribution is 7.98. The van der Waals surface area contributed by atoms with Gasteiger partial charge in [0, 0.05) is 23.6 Å². The predicted molar refractivity (Wildman–Crippen MR) is 106 cm³/mol. The fraction of sp³-hybridized carbons (Fsp3) is 0.421. The first-order chi connectivity index (χ1) is 13.4. The van der Waals surface area contributed by atoms with Crippen LogP contribution >= 0.6 is 11.8 Å². The molecule has 7 nitrogen and oxygen atoms in total. The Kier molecular flexibility index (Phi) is 5.29. The standard InChI is InChI=1S/C19H20N2O5S2/c1-2-12-3-4-15-14(9-18(22)25-16(15)7-12)10-27-19-21-20-17(26-19)8-13-5-6-28(23,24)11-13/h3-4,7,9,13H,2,5-6,8,10-11H2,1H3. The van der Waals surface area contributed by atoms with E-state index in [9.17, 15) is 13.2 Å². The summed E-state index contributed by atoms with van der Waals surface area (Å²) < 4.78 is 34.1. The van der Waals surface area contributed by atoms with E-state index in [2.05, 4.69) is 10.2 Å². The zero-order chi connectivity index (χ0) is 19.7. The molecule has 0 saturated carbocycles. The SMILES string of the molecule is CCc1ccc2c(CSc3nnc(CC4CCS(=O)(=O)C4)o3)cc(=O)oc2c1. The third kappa shape index (κ3) is 4.30. The topological polar surface area (TPSA) is 103 Å². The van der Waals surface area contributed by atoms with Gasteiger partial charge in [-0.3, -0.25) is 0 Å². The number of aryl methyl sites for hydroxylation is 1. The Bertz CT molecular complexity index is 1170. The number of hydrogen-bond acceptors (Lipinski definition) is 8. The van der Waals surface area contributed by atoms with Crippen LogP contribution in [0.5, 0.6) is 0 Å². The molecule has 1 aliphatic heterocycles. The minimum absolute atomic E-state index is 0.0405. The van der Waals surface area contributed by atoms with Gasteiger partial charge < -0.3 is 8.83 Å². The quantitative estimate of drug-likeness (QED) is 0.443. The summed E-state index contributed by atoms with van der Waals surface area (Å²) in [6.45, 7) is 2.05. The summed E-state index contributed by atoms with van der Waals surface area (Å²) in [6.07, 6.45) is 1.98. The molecule has 28 heavy (non-hydrogen) atoms. The molecule has 1 atom stereocenters. The molecule has 0 N–H and O–H groups in total. The van der Waals surface area contributed by atoms with Crippen molar-refractivity contribution in [3.05, 3.63) is 51.7 Å². The van der Waals surface area contributed by atoms with Gasteiger partial charge in [0.15, 0.2) is 9.84 Å². The summed E-state index contributed by atoms with van der Waals surface area (Å²) in [4.78, 5) is 11.9. The van der Waals surface area contributed by atoms with Crippen molar-refractivity contribution < 1.29 is 17.3 Å². The molecule has 0 bridgehead atoms. The highest BCUT2D eigenvalue weighted by Gasteiger charge is 2.29. The average molecular weight is 421 g/mol. The zero-order valence-corrected chi connectivity index (χ0v) is 17.0. The smallest absolute Gasteiger partial charge is 0.336 e. The second kappa shape index (κ2) is 7.71. The summed E-state index contributed by atoms with van der Waals surface area (Å²) in [7, 11) is -2.92. The first-order valence-electron chi connectivity index (χ1n) is 9.13. The lowest BCUT2D eigenvalue weighted by Crippen LogP contribution is -2.07. The van der Waals surface area contributed by atoms with Crippen molar-refractivity contribution in [2.75, 3.05) is 11.5 Å². The Labute approximate surface area is 166 Å². The van der Waals surface area contributed by atoms with Gasteiger partial charge in [-0.05, 0) is 36.0 Å². The fourth-order valence-corrected chi connectivity index (χ4v) is 6.05. The normalized spacial score (nSPS) is 18.7. The predicted octanol–water partition coefficient (Wildman–Crippen LogP) is 3.01. The van der Waals surface area contributed by atoms with Gasteiger partial charge in [0.1, 0.15) is 5.58 Å². The summed E-state index contributed by atoms with van der Waals surface area (Å²) in [5.41, 5.74) is 2.15. The van der Waals surface area contributed by atoms with E-state index < -0.39 is 9.84 Å². The van der Waals surface area contributed by atoms with Crippen LogP contribution in [0.2, 0.25) is 0 Å². The van der Waals surface area contributed by atoms with E-state index in [4.69, 9.17) is 8.83 Å². The lowest BCUT2D eigenvalue weighted by Gasteiger charge is -2.05. The minimum atomic E-state index is -2.92. The van der Waals surface area contributed by atoms with Gasteiger partial charge in [-0.1, -0.05) is 30.8 Å². The monoisotopic (exact) mass is 420 g/mol. The number of aromatic nitrogens is 2. The summed E-state index contributed by atoms with van der Waals surface area (Å²) >= 11 is 1.35. The summed E-state index contributed by atoms with van der Waals surface area (Å²) in [6, 6.07) is 7.37. The second-order valence-corrected chi connectivity index (χ2v) is 10.2. The molecule has 3 aromatic rings. The number of benzene rings is 1. The lowest BCUT2D eigenvalue weighted by molar-refractivity contribution is 0.389. The van der Waals surface area contributed by atoms with E-state index in [0.29, 0.717) is 35.3 Å². The Hall–Kier alpha value is -2.13. The van der Waals surface area contributed by atoms with Crippen LogP contribution in [-0.2, 0) is 28.4 Å². The van der Waals surface area contributed by atoms with E-state index in [1.807, 2.05) is 25.1 Å². The van der Waals surface area contributed by atoms with Crippen LogP contribution < -0.4 is 5.63 Å². The molecule has 0 spiro atoms. The Morgan fingerprint density at radius 2 is 2.07 bits per heavy atom. The molecule has 1 unspecified atom stereocenters. The van der Waals surface area contributed by atoms with Crippen LogP contribution in [-0.4, -0.2) is 30.1 Å². The van der Waals surface area contributed by atoms with Gasteiger partial charge >= 0.3 is 5.63 Å². The summed E-state index contributed by atoms with van der Waals surface area (Å²) in [5, 5.41) is 9.36. The molecule has 0 amide bonds. The average Bonchev–Trinajstić information content (AvgIpc) is 3.24. The molecule has 2 aromatic heterocycles. The summed E-state index contributed by atoms with van der Waals surface area (Å²) in [5.74, 6) is 1.40.